The molecule has 1 rings (SSSR count). The smallest absolute Gasteiger partial charge is 0.328 e. The van der Waals surface area contributed by atoms with Gasteiger partial charge in [-0.05, 0) is 60.6 Å². The fourth-order valence-corrected chi connectivity index (χ4v) is 4.44. The highest BCUT2D eigenvalue weighted by Gasteiger charge is 2.28. The molecule has 0 aliphatic rings. The molecular weight excluding hydrogens is 478 g/mol. The standard InChI is InChI=1S/C12H14Br3NO3S/c1-4-19-12(18)8(5(2)3)16-11(17)9-6(13)7(14)10(15)20-9/h5,8H,4H2,1-3H3,(H,16,17)/t8-/m0/s1. The molecule has 0 aliphatic heterocycles. The molecule has 0 aromatic carbocycles. The van der Waals surface area contributed by atoms with Crippen LogP contribution < -0.4 is 5.32 Å². The summed E-state index contributed by atoms with van der Waals surface area (Å²) < 4.78 is 7.24. The molecule has 112 valence electrons. The van der Waals surface area contributed by atoms with Gasteiger partial charge in [0.15, 0.2) is 0 Å². The zero-order chi connectivity index (χ0) is 15.4. The van der Waals surface area contributed by atoms with Gasteiger partial charge in [0.05, 0.1) is 19.3 Å². The summed E-state index contributed by atoms with van der Waals surface area (Å²) >= 11 is 11.4. The minimum absolute atomic E-state index is 0.0522. The molecule has 0 saturated carbocycles. The molecule has 0 fully saturated rings. The summed E-state index contributed by atoms with van der Waals surface area (Å²) in [6.07, 6.45) is 0. The Balaban J connectivity index is 2.91. The number of carbonyl (C=O) groups is 2. The van der Waals surface area contributed by atoms with Gasteiger partial charge in [0.1, 0.15) is 10.9 Å². The maximum atomic E-state index is 12.3. The van der Waals surface area contributed by atoms with Crippen molar-refractivity contribution in [2.75, 3.05) is 6.61 Å². The third-order valence-corrected chi connectivity index (χ3v) is 7.49. The molecule has 0 aliphatic carbocycles. The van der Waals surface area contributed by atoms with Crippen molar-refractivity contribution in [2.45, 2.75) is 26.8 Å². The van der Waals surface area contributed by atoms with Crippen LogP contribution in [0.15, 0.2) is 12.7 Å². The number of halogens is 3. The second-order valence-electron chi connectivity index (χ2n) is 4.28. The second kappa shape index (κ2) is 7.91. The molecule has 1 atom stereocenters. The van der Waals surface area contributed by atoms with Gasteiger partial charge in [-0.25, -0.2) is 4.79 Å². The molecular formula is C12H14Br3NO3S. The highest BCUT2D eigenvalue weighted by molar-refractivity contribution is 9.14. The van der Waals surface area contributed by atoms with Crippen LogP contribution in [0.25, 0.3) is 0 Å². The molecule has 1 aromatic heterocycles. The van der Waals surface area contributed by atoms with Crippen LogP contribution in [0.3, 0.4) is 0 Å². The molecule has 1 amide bonds. The van der Waals surface area contributed by atoms with Gasteiger partial charge in [-0.3, -0.25) is 4.79 Å². The van der Waals surface area contributed by atoms with E-state index in [-0.39, 0.29) is 18.4 Å². The van der Waals surface area contributed by atoms with Crippen LogP contribution in [0.5, 0.6) is 0 Å². The average molecular weight is 492 g/mol. The number of hydrogen-bond acceptors (Lipinski definition) is 4. The molecule has 1 aromatic rings. The van der Waals surface area contributed by atoms with Gasteiger partial charge in [0.25, 0.3) is 5.91 Å². The van der Waals surface area contributed by atoms with Crippen LogP contribution in [0.4, 0.5) is 0 Å². The molecule has 0 bridgehead atoms. The first kappa shape index (κ1) is 18.1. The van der Waals surface area contributed by atoms with Crippen LogP contribution in [-0.4, -0.2) is 24.5 Å². The number of ether oxygens (including phenoxy) is 1. The lowest BCUT2D eigenvalue weighted by molar-refractivity contribution is -0.146. The van der Waals surface area contributed by atoms with Gasteiger partial charge < -0.3 is 10.1 Å². The SMILES string of the molecule is CCOC(=O)[C@@H](NC(=O)c1sc(Br)c(Br)c1Br)C(C)C. The molecule has 0 radical (unpaired) electrons. The van der Waals surface area contributed by atoms with Gasteiger partial charge in [-0.1, -0.05) is 13.8 Å². The van der Waals surface area contributed by atoms with Crippen molar-refractivity contribution in [1.29, 1.82) is 0 Å². The topological polar surface area (TPSA) is 55.4 Å². The largest absolute Gasteiger partial charge is 0.464 e. The lowest BCUT2D eigenvalue weighted by atomic mass is 10.0. The van der Waals surface area contributed by atoms with E-state index in [4.69, 9.17) is 4.74 Å². The number of nitrogens with one attached hydrogen (secondary N) is 1. The summed E-state index contributed by atoms with van der Waals surface area (Å²) in [6.45, 7) is 5.74. The van der Waals surface area contributed by atoms with Crippen molar-refractivity contribution in [2.24, 2.45) is 5.92 Å². The predicted molar refractivity (Wildman–Crippen MR) is 90.1 cm³/mol. The minimum atomic E-state index is -0.658. The highest BCUT2D eigenvalue weighted by Crippen LogP contribution is 2.40. The lowest BCUT2D eigenvalue weighted by Crippen LogP contribution is -2.45. The third kappa shape index (κ3) is 4.29. The molecule has 1 N–H and O–H groups in total. The summed E-state index contributed by atoms with van der Waals surface area (Å²) in [5.74, 6) is -0.773. The molecule has 0 unspecified atom stereocenters. The molecule has 0 spiro atoms. The number of esters is 1. The summed E-state index contributed by atoms with van der Waals surface area (Å²) in [5, 5.41) is 2.72. The third-order valence-electron chi connectivity index (χ3n) is 2.46. The quantitative estimate of drug-likeness (QED) is 0.623. The predicted octanol–water partition coefficient (Wildman–Crippen LogP) is 4.35. The number of rotatable bonds is 5. The Morgan fingerprint density at radius 2 is 1.85 bits per heavy atom. The first-order chi connectivity index (χ1) is 9.29. The Hall–Kier alpha value is 0.0800. The maximum Gasteiger partial charge on any atom is 0.328 e. The summed E-state index contributed by atoms with van der Waals surface area (Å²) in [6, 6.07) is -0.658. The molecule has 4 nitrogen and oxygen atoms in total. The van der Waals surface area contributed by atoms with Crippen LogP contribution >= 0.6 is 59.1 Å². The van der Waals surface area contributed by atoms with Crippen molar-refractivity contribution in [3.05, 3.63) is 17.6 Å². The van der Waals surface area contributed by atoms with Crippen LogP contribution in [-0.2, 0) is 9.53 Å². The number of thiophene rings is 1. The number of hydrogen-bond donors (Lipinski definition) is 1. The van der Waals surface area contributed by atoms with E-state index >= 15 is 0 Å². The average Bonchev–Trinajstić information content (AvgIpc) is 2.63. The Kier molecular flexibility index (Phi) is 7.17. The molecule has 0 saturated heterocycles. The van der Waals surface area contributed by atoms with Crippen molar-refractivity contribution in [3.8, 4) is 0 Å². The molecule has 20 heavy (non-hydrogen) atoms. The van der Waals surface area contributed by atoms with Crippen molar-refractivity contribution in [1.82, 2.24) is 5.32 Å². The van der Waals surface area contributed by atoms with E-state index in [0.717, 1.165) is 8.26 Å². The van der Waals surface area contributed by atoms with Crippen molar-refractivity contribution >= 4 is 71.0 Å². The Bertz CT molecular complexity index is 516. The zero-order valence-corrected chi connectivity index (χ0v) is 16.7. The fourth-order valence-electron chi connectivity index (χ4n) is 1.45. The van der Waals surface area contributed by atoms with Crippen LogP contribution in [0.2, 0.25) is 0 Å². The Morgan fingerprint density at radius 1 is 1.25 bits per heavy atom. The van der Waals surface area contributed by atoms with E-state index in [1.54, 1.807) is 6.92 Å². The lowest BCUT2D eigenvalue weighted by Gasteiger charge is -2.20. The van der Waals surface area contributed by atoms with E-state index in [1.165, 1.54) is 11.3 Å². The van der Waals surface area contributed by atoms with Gasteiger partial charge in [-0.2, -0.15) is 0 Å². The minimum Gasteiger partial charge on any atom is -0.464 e. The fraction of sp³-hybridized carbons (Fsp3) is 0.500. The highest BCUT2D eigenvalue weighted by atomic mass is 79.9. The monoisotopic (exact) mass is 489 g/mol. The van der Waals surface area contributed by atoms with Gasteiger partial charge in [0.2, 0.25) is 0 Å². The summed E-state index contributed by atoms with van der Waals surface area (Å²) in [5.41, 5.74) is 0. The normalized spacial score (nSPS) is 12.3. The van der Waals surface area contributed by atoms with E-state index < -0.39 is 12.0 Å². The summed E-state index contributed by atoms with van der Waals surface area (Å²) in [7, 11) is 0. The van der Waals surface area contributed by atoms with E-state index in [2.05, 4.69) is 53.1 Å². The zero-order valence-electron chi connectivity index (χ0n) is 11.1. The van der Waals surface area contributed by atoms with E-state index in [0.29, 0.717) is 9.35 Å². The van der Waals surface area contributed by atoms with Crippen LogP contribution in [0.1, 0.15) is 30.4 Å². The van der Waals surface area contributed by atoms with Crippen LogP contribution in [0, 0.1) is 5.92 Å². The first-order valence-corrected chi connectivity index (χ1v) is 9.09. The Morgan fingerprint density at radius 3 is 2.25 bits per heavy atom. The van der Waals surface area contributed by atoms with Gasteiger partial charge in [-0.15, -0.1) is 11.3 Å². The van der Waals surface area contributed by atoms with Gasteiger partial charge in [0, 0.05) is 0 Å². The van der Waals surface area contributed by atoms with Gasteiger partial charge >= 0.3 is 5.97 Å². The molecule has 8 heteroatoms. The number of amides is 1. The van der Waals surface area contributed by atoms with E-state index in [9.17, 15) is 9.59 Å². The first-order valence-electron chi connectivity index (χ1n) is 5.90. The molecule has 1 heterocycles. The maximum absolute atomic E-state index is 12.3. The Labute approximate surface area is 147 Å². The summed E-state index contributed by atoms with van der Waals surface area (Å²) in [4.78, 5) is 24.6. The number of carbonyl (C=O) groups excluding carboxylic acids is 2. The second-order valence-corrected chi connectivity index (χ2v) is 8.20. The van der Waals surface area contributed by atoms with E-state index in [1.807, 2.05) is 13.8 Å². The van der Waals surface area contributed by atoms with Crippen molar-refractivity contribution < 1.29 is 14.3 Å². The van der Waals surface area contributed by atoms with Crippen molar-refractivity contribution in [3.63, 3.8) is 0 Å².